The molecule has 2 rings (SSSR count). The van der Waals surface area contributed by atoms with E-state index in [9.17, 15) is 13.9 Å². The lowest BCUT2D eigenvalue weighted by Crippen LogP contribution is -2.04. The first-order valence-electron chi connectivity index (χ1n) is 5.53. The molecule has 0 radical (unpaired) electrons. The maximum absolute atomic E-state index is 13.6. The lowest BCUT2D eigenvalue weighted by Gasteiger charge is -2.13. The molecule has 0 aromatic heterocycles. The van der Waals surface area contributed by atoms with Gasteiger partial charge in [0.15, 0.2) is 0 Å². The van der Waals surface area contributed by atoms with E-state index < -0.39 is 17.7 Å². The topological polar surface area (TPSA) is 20.2 Å². The Kier molecular flexibility index (Phi) is 4.55. The molecule has 0 heterocycles. The van der Waals surface area contributed by atoms with E-state index in [0.29, 0.717) is 15.1 Å². The van der Waals surface area contributed by atoms with Crippen molar-refractivity contribution in [2.75, 3.05) is 0 Å². The molecular formula is C14H10BrClF2O. The summed E-state index contributed by atoms with van der Waals surface area (Å²) in [5.41, 5.74) is 0.673. The molecule has 1 atom stereocenters. The highest BCUT2D eigenvalue weighted by Crippen LogP contribution is 2.25. The zero-order valence-corrected chi connectivity index (χ0v) is 12.0. The zero-order valence-electron chi connectivity index (χ0n) is 9.71. The quantitative estimate of drug-likeness (QED) is 0.856. The van der Waals surface area contributed by atoms with Crippen LogP contribution in [0, 0.1) is 11.6 Å². The summed E-state index contributed by atoms with van der Waals surface area (Å²) < 4.78 is 27.4. The van der Waals surface area contributed by atoms with Crippen LogP contribution in [0.2, 0.25) is 5.02 Å². The minimum absolute atomic E-state index is 0.105. The average molecular weight is 348 g/mol. The number of aliphatic hydroxyl groups excluding tert-OH is 1. The van der Waals surface area contributed by atoms with Gasteiger partial charge in [0.2, 0.25) is 0 Å². The Morgan fingerprint density at radius 2 is 1.89 bits per heavy atom. The zero-order chi connectivity index (χ0) is 14.0. The van der Waals surface area contributed by atoms with Gasteiger partial charge in [-0.1, -0.05) is 27.5 Å². The van der Waals surface area contributed by atoms with E-state index in [0.717, 1.165) is 0 Å². The lowest BCUT2D eigenvalue weighted by molar-refractivity contribution is 0.173. The van der Waals surface area contributed by atoms with Gasteiger partial charge in [-0.2, -0.15) is 0 Å². The second-order valence-electron chi connectivity index (χ2n) is 4.16. The van der Waals surface area contributed by atoms with Gasteiger partial charge >= 0.3 is 0 Å². The molecule has 0 saturated heterocycles. The summed E-state index contributed by atoms with van der Waals surface area (Å²) in [5, 5.41) is 10.4. The van der Waals surface area contributed by atoms with Crippen LogP contribution < -0.4 is 0 Å². The van der Waals surface area contributed by atoms with Gasteiger partial charge in [0.1, 0.15) is 11.6 Å². The number of hydrogen-bond acceptors (Lipinski definition) is 1. The van der Waals surface area contributed by atoms with E-state index in [1.165, 1.54) is 30.3 Å². The predicted molar refractivity (Wildman–Crippen MR) is 74.2 cm³/mol. The maximum atomic E-state index is 13.6. The second kappa shape index (κ2) is 5.99. The highest BCUT2D eigenvalue weighted by atomic mass is 79.9. The van der Waals surface area contributed by atoms with Gasteiger partial charge in [0.05, 0.1) is 6.10 Å². The van der Waals surface area contributed by atoms with E-state index in [-0.39, 0.29) is 12.0 Å². The number of benzene rings is 2. The summed E-state index contributed by atoms with van der Waals surface area (Å²) in [6.07, 6.45) is -0.972. The molecule has 1 unspecified atom stereocenters. The minimum Gasteiger partial charge on any atom is -0.388 e. The average Bonchev–Trinajstić information content (AvgIpc) is 2.30. The molecule has 0 saturated carbocycles. The molecule has 0 bridgehead atoms. The second-order valence-corrected chi connectivity index (χ2v) is 5.52. The summed E-state index contributed by atoms with van der Waals surface area (Å²) in [6.45, 7) is 0. The van der Waals surface area contributed by atoms with E-state index in [1.54, 1.807) is 6.07 Å². The molecule has 0 aliphatic carbocycles. The Morgan fingerprint density at radius 3 is 2.58 bits per heavy atom. The molecule has 2 aromatic carbocycles. The van der Waals surface area contributed by atoms with Gasteiger partial charge in [-0.3, -0.25) is 0 Å². The predicted octanol–water partition coefficient (Wildman–Crippen LogP) is 4.66. The van der Waals surface area contributed by atoms with Crippen molar-refractivity contribution >= 4 is 27.5 Å². The van der Waals surface area contributed by atoms with Crippen LogP contribution in [0.4, 0.5) is 8.78 Å². The highest BCUT2D eigenvalue weighted by Gasteiger charge is 2.14. The fourth-order valence-electron chi connectivity index (χ4n) is 1.83. The SMILES string of the molecule is OC(Cc1cc(F)cc(Br)c1)c1cc(Cl)ccc1F. The Morgan fingerprint density at radius 1 is 1.16 bits per heavy atom. The molecule has 0 fully saturated rings. The molecule has 0 aliphatic rings. The third kappa shape index (κ3) is 3.75. The summed E-state index contributed by atoms with van der Waals surface area (Å²) in [7, 11) is 0. The smallest absolute Gasteiger partial charge is 0.129 e. The molecule has 2 aromatic rings. The van der Waals surface area contributed by atoms with Crippen LogP contribution in [0.1, 0.15) is 17.2 Å². The summed E-state index contributed by atoms with van der Waals surface area (Å²) >= 11 is 8.94. The largest absolute Gasteiger partial charge is 0.388 e. The minimum atomic E-state index is -1.08. The third-order valence-corrected chi connectivity index (χ3v) is 3.36. The van der Waals surface area contributed by atoms with Crippen LogP contribution in [0.5, 0.6) is 0 Å². The number of hydrogen-bond donors (Lipinski definition) is 1. The van der Waals surface area contributed by atoms with Crippen LogP contribution in [-0.4, -0.2) is 5.11 Å². The standard InChI is InChI=1S/C14H10BrClF2O/c15-9-3-8(4-11(17)6-9)5-14(19)12-7-10(16)1-2-13(12)18/h1-4,6-7,14,19H,5H2. The van der Waals surface area contributed by atoms with Gasteiger partial charge in [0.25, 0.3) is 0 Å². The summed E-state index contributed by atoms with van der Waals surface area (Å²) in [5.74, 6) is -0.949. The van der Waals surface area contributed by atoms with Crippen LogP contribution >= 0.6 is 27.5 Å². The Labute approximate surface area is 123 Å². The lowest BCUT2D eigenvalue weighted by atomic mass is 10.0. The van der Waals surface area contributed by atoms with E-state index in [4.69, 9.17) is 11.6 Å². The van der Waals surface area contributed by atoms with E-state index in [2.05, 4.69) is 15.9 Å². The first-order chi connectivity index (χ1) is 8.95. The first kappa shape index (κ1) is 14.4. The van der Waals surface area contributed by atoms with Gasteiger partial charge in [-0.15, -0.1) is 0 Å². The molecule has 0 aliphatic heterocycles. The van der Waals surface area contributed by atoms with Crippen LogP contribution in [-0.2, 0) is 6.42 Å². The molecule has 1 N–H and O–H groups in total. The van der Waals surface area contributed by atoms with Gasteiger partial charge in [-0.05, 0) is 42.0 Å². The number of halogens is 4. The normalized spacial score (nSPS) is 12.5. The molecule has 19 heavy (non-hydrogen) atoms. The molecule has 0 spiro atoms. The van der Waals surface area contributed by atoms with Crippen LogP contribution in [0.25, 0.3) is 0 Å². The van der Waals surface area contributed by atoms with E-state index in [1.807, 2.05) is 0 Å². The van der Waals surface area contributed by atoms with Crippen molar-refractivity contribution in [3.63, 3.8) is 0 Å². The first-order valence-corrected chi connectivity index (χ1v) is 6.71. The third-order valence-electron chi connectivity index (χ3n) is 2.67. The maximum Gasteiger partial charge on any atom is 0.129 e. The Balaban J connectivity index is 2.25. The number of aliphatic hydroxyl groups is 1. The Bertz CT molecular complexity index is 584. The van der Waals surface area contributed by atoms with Gasteiger partial charge < -0.3 is 5.11 Å². The van der Waals surface area contributed by atoms with Crippen LogP contribution in [0.15, 0.2) is 40.9 Å². The molecule has 100 valence electrons. The van der Waals surface area contributed by atoms with Crippen molar-refractivity contribution in [3.8, 4) is 0 Å². The highest BCUT2D eigenvalue weighted by molar-refractivity contribution is 9.10. The van der Waals surface area contributed by atoms with Crippen molar-refractivity contribution < 1.29 is 13.9 Å². The fraction of sp³-hybridized carbons (Fsp3) is 0.143. The van der Waals surface area contributed by atoms with Crippen molar-refractivity contribution in [2.45, 2.75) is 12.5 Å². The van der Waals surface area contributed by atoms with Gasteiger partial charge in [0, 0.05) is 21.5 Å². The number of rotatable bonds is 3. The van der Waals surface area contributed by atoms with E-state index >= 15 is 0 Å². The van der Waals surface area contributed by atoms with Crippen molar-refractivity contribution in [2.24, 2.45) is 0 Å². The summed E-state index contributed by atoms with van der Waals surface area (Å²) in [6, 6.07) is 8.27. The molecule has 5 heteroatoms. The van der Waals surface area contributed by atoms with Crippen molar-refractivity contribution in [1.29, 1.82) is 0 Å². The molecular weight excluding hydrogens is 338 g/mol. The van der Waals surface area contributed by atoms with Crippen LogP contribution in [0.3, 0.4) is 0 Å². The van der Waals surface area contributed by atoms with Gasteiger partial charge in [-0.25, -0.2) is 8.78 Å². The molecule has 0 amide bonds. The van der Waals surface area contributed by atoms with Crippen molar-refractivity contribution in [1.82, 2.24) is 0 Å². The van der Waals surface area contributed by atoms with Crippen molar-refractivity contribution in [3.05, 3.63) is 68.7 Å². The fourth-order valence-corrected chi connectivity index (χ4v) is 2.53. The monoisotopic (exact) mass is 346 g/mol. The molecule has 1 nitrogen and oxygen atoms in total. The summed E-state index contributed by atoms with van der Waals surface area (Å²) in [4.78, 5) is 0. The Hall–Kier alpha value is -0.970.